The van der Waals surface area contributed by atoms with Crippen LogP contribution in [-0.2, 0) is 4.74 Å². The summed E-state index contributed by atoms with van der Waals surface area (Å²) in [6.07, 6.45) is -0.634. The molecule has 0 radical (unpaired) electrons. The third kappa shape index (κ3) is 3.19. The molecule has 0 saturated carbocycles. The van der Waals surface area contributed by atoms with Crippen LogP contribution in [0.25, 0.3) is 10.9 Å². The Balaban J connectivity index is 2.24. The van der Waals surface area contributed by atoms with Crippen LogP contribution in [0.4, 0.5) is 5.82 Å². The van der Waals surface area contributed by atoms with Crippen molar-refractivity contribution in [1.82, 2.24) is 4.98 Å². The Morgan fingerprint density at radius 1 is 1.47 bits per heavy atom. The highest BCUT2D eigenvalue weighted by molar-refractivity contribution is 5.82. The molecule has 1 heterocycles. The molecule has 98 valence electrons. The van der Waals surface area contributed by atoms with Gasteiger partial charge in [-0.25, -0.2) is 4.98 Å². The summed E-state index contributed by atoms with van der Waals surface area (Å²) in [7, 11) is 1.53. The summed E-state index contributed by atoms with van der Waals surface area (Å²) < 4.78 is 4.84. The zero-order valence-electron chi connectivity index (χ0n) is 10.6. The number of nitrogens with zero attached hydrogens (tertiary/aromatic N) is 2. The number of aromatic nitrogens is 1. The van der Waals surface area contributed by atoms with E-state index in [4.69, 9.17) is 10.00 Å². The molecule has 0 saturated heterocycles. The minimum absolute atomic E-state index is 0.239. The summed E-state index contributed by atoms with van der Waals surface area (Å²) in [4.78, 5) is 4.39. The van der Waals surface area contributed by atoms with Crippen molar-refractivity contribution in [2.75, 3.05) is 25.6 Å². The van der Waals surface area contributed by atoms with Gasteiger partial charge in [0.05, 0.1) is 23.8 Å². The smallest absolute Gasteiger partial charge is 0.144 e. The van der Waals surface area contributed by atoms with E-state index in [2.05, 4.69) is 16.4 Å². The molecule has 0 spiro atoms. The lowest BCUT2D eigenvalue weighted by Crippen LogP contribution is -2.24. The van der Waals surface area contributed by atoms with E-state index in [0.717, 1.165) is 10.9 Å². The van der Waals surface area contributed by atoms with Gasteiger partial charge < -0.3 is 15.2 Å². The van der Waals surface area contributed by atoms with Gasteiger partial charge in [-0.05, 0) is 12.1 Å². The summed E-state index contributed by atoms with van der Waals surface area (Å²) in [6, 6.07) is 11.5. The molecule has 5 nitrogen and oxygen atoms in total. The fourth-order valence-corrected chi connectivity index (χ4v) is 1.80. The summed E-state index contributed by atoms with van der Waals surface area (Å²) in [5.74, 6) is 0.483. The van der Waals surface area contributed by atoms with Crippen molar-refractivity contribution in [3.05, 3.63) is 35.9 Å². The molecule has 1 aromatic heterocycles. The number of nitrogens with one attached hydrogen (secondary N) is 1. The normalized spacial score (nSPS) is 12.1. The number of para-hydroxylation sites is 1. The molecule has 0 bridgehead atoms. The number of pyridine rings is 1. The Hall–Kier alpha value is -2.16. The van der Waals surface area contributed by atoms with Gasteiger partial charge in [-0.1, -0.05) is 18.2 Å². The lowest BCUT2D eigenvalue weighted by Gasteiger charge is -2.12. The molecule has 0 aliphatic carbocycles. The molecule has 0 amide bonds. The number of aliphatic hydroxyl groups excluding tert-OH is 1. The monoisotopic (exact) mass is 257 g/mol. The fraction of sp³-hybridized carbons (Fsp3) is 0.286. The first-order valence-electron chi connectivity index (χ1n) is 5.95. The molecule has 2 aromatic rings. The highest BCUT2D eigenvalue weighted by Crippen LogP contribution is 2.19. The molecule has 1 aromatic carbocycles. The van der Waals surface area contributed by atoms with Crippen LogP contribution in [0.15, 0.2) is 30.3 Å². The van der Waals surface area contributed by atoms with Crippen molar-refractivity contribution >= 4 is 16.7 Å². The van der Waals surface area contributed by atoms with Crippen LogP contribution in [0.2, 0.25) is 0 Å². The first-order chi connectivity index (χ1) is 9.24. The molecule has 2 rings (SSSR count). The minimum Gasteiger partial charge on any atom is -0.389 e. The number of benzene rings is 1. The highest BCUT2D eigenvalue weighted by Gasteiger charge is 2.08. The van der Waals surface area contributed by atoms with Crippen LogP contribution in [0.3, 0.4) is 0 Å². The first-order valence-corrected chi connectivity index (χ1v) is 5.95. The lowest BCUT2D eigenvalue weighted by molar-refractivity contribution is 0.0727. The average Bonchev–Trinajstić information content (AvgIpc) is 2.44. The van der Waals surface area contributed by atoms with Gasteiger partial charge in [-0.15, -0.1) is 0 Å². The first kappa shape index (κ1) is 13.3. The van der Waals surface area contributed by atoms with Crippen molar-refractivity contribution in [3.8, 4) is 6.07 Å². The van der Waals surface area contributed by atoms with Crippen LogP contribution in [0.1, 0.15) is 5.56 Å². The number of fused-ring (bicyclic) bond motifs is 1. The van der Waals surface area contributed by atoms with Crippen LogP contribution in [0.5, 0.6) is 0 Å². The molecule has 0 aliphatic heterocycles. The van der Waals surface area contributed by atoms with E-state index in [-0.39, 0.29) is 13.2 Å². The van der Waals surface area contributed by atoms with Crippen molar-refractivity contribution in [3.63, 3.8) is 0 Å². The minimum atomic E-state index is -0.634. The summed E-state index contributed by atoms with van der Waals surface area (Å²) in [5, 5.41) is 22.6. The number of aliphatic hydroxyl groups is 1. The van der Waals surface area contributed by atoms with E-state index in [1.807, 2.05) is 24.3 Å². The fourth-order valence-electron chi connectivity index (χ4n) is 1.80. The van der Waals surface area contributed by atoms with Crippen molar-refractivity contribution in [2.45, 2.75) is 6.10 Å². The average molecular weight is 257 g/mol. The van der Waals surface area contributed by atoms with E-state index in [0.29, 0.717) is 11.4 Å². The van der Waals surface area contributed by atoms with E-state index < -0.39 is 6.10 Å². The highest BCUT2D eigenvalue weighted by atomic mass is 16.5. The number of nitriles is 1. The molecule has 5 heteroatoms. The largest absolute Gasteiger partial charge is 0.389 e. The van der Waals surface area contributed by atoms with Crippen LogP contribution < -0.4 is 5.32 Å². The molecule has 19 heavy (non-hydrogen) atoms. The maximum Gasteiger partial charge on any atom is 0.144 e. The number of rotatable bonds is 5. The zero-order valence-corrected chi connectivity index (χ0v) is 10.6. The molecule has 0 aliphatic rings. The van der Waals surface area contributed by atoms with Crippen LogP contribution >= 0.6 is 0 Å². The molecule has 0 fully saturated rings. The summed E-state index contributed by atoms with van der Waals surface area (Å²) in [6.45, 7) is 0.524. The van der Waals surface area contributed by atoms with Crippen LogP contribution in [0, 0.1) is 11.3 Å². The quantitative estimate of drug-likeness (QED) is 0.849. The standard InChI is InChI=1S/C14H15N3O2/c1-19-9-12(18)8-16-14-11(7-15)6-10-4-2-3-5-13(10)17-14/h2-6,12,18H,8-9H2,1H3,(H,16,17). The molecule has 1 atom stereocenters. The van der Waals surface area contributed by atoms with E-state index in [1.54, 1.807) is 6.07 Å². The summed E-state index contributed by atoms with van der Waals surface area (Å²) in [5.41, 5.74) is 1.27. The Morgan fingerprint density at radius 3 is 3.00 bits per heavy atom. The predicted octanol–water partition coefficient (Wildman–Crippen LogP) is 1.53. The second-order valence-electron chi connectivity index (χ2n) is 4.18. The van der Waals surface area contributed by atoms with Gasteiger partial charge in [0.2, 0.25) is 0 Å². The maximum absolute atomic E-state index is 9.59. The zero-order chi connectivity index (χ0) is 13.7. The van der Waals surface area contributed by atoms with E-state index >= 15 is 0 Å². The number of ether oxygens (including phenoxy) is 1. The lowest BCUT2D eigenvalue weighted by atomic mass is 10.1. The second kappa shape index (κ2) is 6.14. The van der Waals surface area contributed by atoms with Gasteiger partial charge in [-0.3, -0.25) is 0 Å². The number of hydrogen-bond donors (Lipinski definition) is 2. The second-order valence-corrected chi connectivity index (χ2v) is 4.18. The number of anilines is 1. The van der Waals surface area contributed by atoms with Crippen LogP contribution in [-0.4, -0.2) is 36.5 Å². The SMILES string of the molecule is COCC(O)CNc1nc2ccccc2cc1C#N. The van der Waals surface area contributed by atoms with E-state index in [1.165, 1.54) is 7.11 Å². The molecule has 1 unspecified atom stereocenters. The van der Waals surface area contributed by atoms with E-state index in [9.17, 15) is 5.11 Å². The Labute approximate surface area is 111 Å². The molecular weight excluding hydrogens is 242 g/mol. The van der Waals surface area contributed by atoms with Crippen molar-refractivity contribution in [1.29, 1.82) is 5.26 Å². The van der Waals surface area contributed by atoms with Gasteiger partial charge in [-0.2, -0.15) is 5.26 Å². The van der Waals surface area contributed by atoms with Crippen molar-refractivity contribution < 1.29 is 9.84 Å². The predicted molar refractivity (Wildman–Crippen MR) is 72.8 cm³/mol. The van der Waals surface area contributed by atoms with Gasteiger partial charge in [0.15, 0.2) is 0 Å². The molecule has 2 N–H and O–H groups in total. The number of hydrogen-bond acceptors (Lipinski definition) is 5. The third-order valence-corrected chi connectivity index (χ3v) is 2.71. The maximum atomic E-state index is 9.59. The van der Waals surface area contributed by atoms with Crippen molar-refractivity contribution in [2.24, 2.45) is 0 Å². The van der Waals surface area contributed by atoms with Gasteiger partial charge in [0.25, 0.3) is 0 Å². The summed E-state index contributed by atoms with van der Waals surface area (Å²) >= 11 is 0. The topological polar surface area (TPSA) is 78.2 Å². The Kier molecular flexibility index (Phi) is 4.29. The van der Waals surface area contributed by atoms with Gasteiger partial charge in [0, 0.05) is 19.0 Å². The van der Waals surface area contributed by atoms with Gasteiger partial charge >= 0.3 is 0 Å². The Bertz CT molecular complexity index is 607. The third-order valence-electron chi connectivity index (χ3n) is 2.71. The number of methoxy groups -OCH3 is 1. The Morgan fingerprint density at radius 2 is 2.26 bits per heavy atom. The molecular formula is C14H15N3O2. The van der Waals surface area contributed by atoms with Gasteiger partial charge in [0.1, 0.15) is 11.9 Å².